The van der Waals surface area contributed by atoms with Gasteiger partial charge in [-0.1, -0.05) is 23.7 Å². The van der Waals surface area contributed by atoms with E-state index in [2.05, 4.69) is 10.3 Å². The monoisotopic (exact) mass is 293 g/mol. The van der Waals surface area contributed by atoms with Crippen LogP contribution in [0.3, 0.4) is 0 Å². The van der Waals surface area contributed by atoms with Gasteiger partial charge in [-0.15, -0.1) is 11.3 Å². The summed E-state index contributed by atoms with van der Waals surface area (Å²) in [7, 11) is 0. The van der Waals surface area contributed by atoms with Gasteiger partial charge in [0.05, 0.1) is 12.2 Å². The summed E-state index contributed by atoms with van der Waals surface area (Å²) in [5.74, 6) is 0.0505. The molecule has 1 N–H and O–H groups in total. The first-order valence-electron chi connectivity index (χ1n) is 5.95. The molecular weight excluding hydrogens is 282 g/mol. The van der Waals surface area contributed by atoms with Crippen LogP contribution in [-0.2, 0) is 4.79 Å². The molecule has 1 aromatic heterocycles. The number of nitrogens with zero attached hydrogens (tertiary/aromatic N) is 2. The van der Waals surface area contributed by atoms with Crippen LogP contribution in [0, 0.1) is 0 Å². The van der Waals surface area contributed by atoms with E-state index < -0.39 is 0 Å². The molecule has 3 rings (SSSR count). The summed E-state index contributed by atoms with van der Waals surface area (Å²) < 4.78 is 0. The van der Waals surface area contributed by atoms with Gasteiger partial charge in [-0.25, -0.2) is 4.98 Å². The minimum absolute atomic E-state index is 0.0505. The Bertz CT molecular complexity index is 596. The average molecular weight is 294 g/mol. The lowest BCUT2D eigenvalue weighted by Crippen LogP contribution is -2.47. The third kappa shape index (κ3) is 2.72. The first-order valence-corrected chi connectivity index (χ1v) is 7.21. The van der Waals surface area contributed by atoms with Gasteiger partial charge in [0.25, 0.3) is 0 Å². The molecule has 0 atom stereocenters. The van der Waals surface area contributed by atoms with E-state index in [1.807, 2.05) is 34.5 Å². The van der Waals surface area contributed by atoms with Gasteiger partial charge in [0.2, 0.25) is 5.91 Å². The topological polar surface area (TPSA) is 45.2 Å². The number of hydrogen-bond acceptors (Lipinski definition) is 4. The Morgan fingerprint density at radius 2 is 2.11 bits per heavy atom. The number of piperazine rings is 1. The highest BCUT2D eigenvalue weighted by Crippen LogP contribution is 2.28. The lowest BCUT2D eigenvalue weighted by Gasteiger charge is -2.25. The lowest BCUT2D eigenvalue weighted by molar-refractivity contribution is -0.120. The largest absolute Gasteiger partial charge is 0.353 e. The van der Waals surface area contributed by atoms with E-state index in [9.17, 15) is 4.79 Å². The molecule has 1 fully saturated rings. The number of anilines is 1. The van der Waals surface area contributed by atoms with Crippen molar-refractivity contribution in [1.29, 1.82) is 0 Å². The van der Waals surface area contributed by atoms with Crippen molar-refractivity contribution >= 4 is 34.0 Å². The molecule has 2 aromatic rings. The molecule has 6 heteroatoms. The predicted molar refractivity (Wildman–Crippen MR) is 77.8 cm³/mol. The maximum absolute atomic E-state index is 11.4. The zero-order chi connectivity index (χ0) is 13.2. The van der Waals surface area contributed by atoms with Crippen LogP contribution in [0.4, 0.5) is 5.13 Å². The van der Waals surface area contributed by atoms with Gasteiger partial charge < -0.3 is 10.2 Å². The van der Waals surface area contributed by atoms with Crippen LogP contribution in [0.25, 0.3) is 11.3 Å². The van der Waals surface area contributed by atoms with Crippen LogP contribution in [0.15, 0.2) is 29.6 Å². The smallest absolute Gasteiger partial charge is 0.239 e. The number of aromatic nitrogens is 1. The minimum atomic E-state index is 0.0505. The van der Waals surface area contributed by atoms with E-state index in [0.717, 1.165) is 22.9 Å². The molecule has 0 aliphatic carbocycles. The predicted octanol–water partition coefficient (Wildman–Crippen LogP) is 2.40. The fraction of sp³-hybridized carbons (Fsp3) is 0.231. The number of carbonyl (C=O) groups is 1. The summed E-state index contributed by atoms with van der Waals surface area (Å²) in [4.78, 5) is 18.0. The Hall–Kier alpha value is -1.59. The van der Waals surface area contributed by atoms with Crippen LogP contribution >= 0.6 is 22.9 Å². The molecule has 0 saturated carbocycles. The van der Waals surface area contributed by atoms with Gasteiger partial charge in [-0.2, -0.15) is 0 Å². The molecule has 0 radical (unpaired) electrons. The average Bonchev–Trinajstić information content (AvgIpc) is 2.89. The van der Waals surface area contributed by atoms with Gasteiger partial charge in [0, 0.05) is 29.1 Å². The Morgan fingerprint density at radius 1 is 1.32 bits per heavy atom. The maximum atomic E-state index is 11.4. The van der Waals surface area contributed by atoms with Gasteiger partial charge in [0.15, 0.2) is 5.13 Å². The minimum Gasteiger partial charge on any atom is -0.353 e. The van der Waals surface area contributed by atoms with Crippen molar-refractivity contribution < 1.29 is 4.79 Å². The van der Waals surface area contributed by atoms with E-state index in [-0.39, 0.29) is 5.91 Å². The highest BCUT2D eigenvalue weighted by Gasteiger charge is 2.19. The molecule has 1 saturated heterocycles. The molecule has 4 nitrogen and oxygen atoms in total. The summed E-state index contributed by atoms with van der Waals surface area (Å²) in [6, 6.07) is 7.60. The molecule has 19 heavy (non-hydrogen) atoms. The van der Waals surface area contributed by atoms with E-state index in [1.165, 1.54) is 0 Å². The standard InChI is InChI=1S/C13H12ClN3OS/c14-10-3-1-9(2-4-10)11-8-19-13(16-11)17-6-5-15-12(18)7-17/h1-4,8H,5-7H2,(H,15,18). The fourth-order valence-corrected chi connectivity index (χ4v) is 2.95. The van der Waals surface area contributed by atoms with Gasteiger partial charge >= 0.3 is 0 Å². The Labute approximate surface area is 120 Å². The first-order chi connectivity index (χ1) is 9.22. The number of benzene rings is 1. The number of amides is 1. The van der Waals surface area contributed by atoms with Crippen LogP contribution in [0.5, 0.6) is 0 Å². The summed E-state index contributed by atoms with van der Waals surface area (Å²) in [6.45, 7) is 1.86. The molecular formula is C13H12ClN3OS. The second kappa shape index (κ2) is 5.19. The van der Waals surface area contributed by atoms with Crippen LogP contribution in [0.1, 0.15) is 0 Å². The van der Waals surface area contributed by atoms with E-state index in [0.29, 0.717) is 18.1 Å². The molecule has 1 aromatic carbocycles. The summed E-state index contributed by atoms with van der Waals surface area (Å²) in [6.07, 6.45) is 0. The van der Waals surface area contributed by atoms with E-state index >= 15 is 0 Å². The van der Waals surface area contributed by atoms with Crippen molar-refractivity contribution in [2.75, 3.05) is 24.5 Å². The number of hydrogen-bond donors (Lipinski definition) is 1. The van der Waals surface area contributed by atoms with Gasteiger partial charge in [-0.3, -0.25) is 4.79 Å². The normalized spacial score (nSPS) is 15.4. The molecule has 1 amide bonds. The number of rotatable bonds is 2. The zero-order valence-corrected chi connectivity index (χ0v) is 11.7. The molecule has 98 valence electrons. The molecule has 2 heterocycles. The second-order valence-corrected chi connectivity index (χ2v) is 5.57. The molecule has 1 aliphatic rings. The number of thiazole rings is 1. The first kappa shape index (κ1) is 12.4. The summed E-state index contributed by atoms with van der Waals surface area (Å²) >= 11 is 7.43. The van der Waals surface area contributed by atoms with Crippen molar-refractivity contribution in [3.63, 3.8) is 0 Å². The zero-order valence-electron chi connectivity index (χ0n) is 10.1. The SMILES string of the molecule is O=C1CN(c2nc(-c3ccc(Cl)cc3)cs2)CCN1. The third-order valence-electron chi connectivity index (χ3n) is 2.94. The van der Waals surface area contributed by atoms with Gasteiger partial charge in [-0.05, 0) is 12.1 Å². The van der Waals surface area contributed by atoms with Crippen molar-refractivity contribution in [2.24, 2.45) is 0 Å². The Morgan fingerprint density at radius 3 is 2.84 bits per heavy atom. The quantitative estimate of drug-likeness (QED) is 0.925. The molecule has 0 bridgehead atoms. The van der Waals surface area contributed by atoms with Crippen molar-refractivity contribution in [2.45, 2.75) is 0 Å². The number of halogens is 1. The van der Waals surface area contributed by atoms with Crippen molar-refractivity contribution in [3.8, 4) is 11.3 Å². The Kier molecular flexibility index (Phi) is 3.40. The van der Waals surface area contributed by atoms with Gasteiger partial charge in [0.1, 0.15) is 0 Å². The van der Waals surface area contributed by atoms with Crippen LogP contribution in [0.2, 0.25) is 5.02 Å². The Balaban J connectivity index is 1.82. The summed E-state index contributed by atoms with van der Waals surface area (Å²) in [5, 5.41) is 6.42. The lowest BCUT2D eigenvalue weighted by atomic mass is 10.2. The second-order valence-electron chi connectivity index (χ2n) is 4.29. The molecule has 0 spiro atoms. The third-order valence-corrected chi connectivity index (χ3v) is 4.09. The van der Waals surface area contributed by atoms with Crippen molar-refractivity contribution in [1.82, 2.24) is 10.3 Å². The van der Waals surface area contributed by atoms with Crippen LogP contribution < -0.4 is 10.2 Å². The summed E-state index contributed by atoms with van der Waals surface area (Å²) in [5.41, 5.74) is 1.95. The van der Waals surface area contributed by atoms with E-state index in [4.69, 9.17) is 11.6 Å². The molecule has 1 aliphatic heterocycles. The highest BCUT2D eigenvalue weighted by molar-refractivity contribution is 7.14. The maximum Gasteiger partial charge on any atom is 0.239 e. The van der Waals surface area contributed by atoms with Crippen LogP contribution in [-0.4, -0.2) is 30.5 Å². The van der Waals surface area contributed by atoms with E-state index in [1.54, 1.807) is 11.3 Å². The van der Waals surface area contributed by atoms with Crippen molar-refractivity contribution in [3.05, 3.63) is 34.7 Å². The molecule has 0 unspecified atom stereocenters. The highest BCUT2D eigenvalue weighted by atomic mass is 35.5. The fourth-order valence-electron chi connectivity index (χ4n) is 1.96. The number of carbonyl (C=O) groups excluding carboxylic acids is 1. The number of nitrogens with one attached hydrogen (secondary N) is 1.